The smallest absolute Gasteiger partial charge is 0.191 e. The van der Waals surface area contributed by atoms with Gasteiger partial charge in [-0.1, -0.05) is 25.1 Å². The minimum Gasteiger partial charge on any atom is -0.356 e. The molecule has 0 aromatic heterocycles. The zero-order valence-corrected chi connectivity index (χ0v) is 15.0. The molecule has 0 aliphatic rings. The first-order valence-electron chi connectivity index (χ1n) is 7.27. The van der Waals surface area contributed by atoms with Gasteiger partial charge in [0.25, 0.3) is 0 Å². The normalized spacial score (nSPS) is 13.7. The van der Waals surface area contributed by atoms with Crippen molar-refractivity contribution in [1.82, 2.24) is 10.6 Å². The van der Waals surface area contributed by atoms with E-state index in [0.717, 1.165) is 12.3 Å². The van der Waals surface area contributed by atoms with Crippen molar-refractivity contribution in [2.75, 3.05) is 31.4 Å². The summed E-state index contributed by atoms with van der Waals surface area (Å²) in [4.78, 5) is 4.50. The number of aliphatic imine (C=N–C) groups is 1. The van der Waals surface area contributed by atoms with Crippen LogP contribution in [0.1, 0.15) is 13.3 Å². The fourth-order valence-electron chi connectivity index (χ4n) is 1.91. The maximum Gasteiger partial charge on any atom is 0.191 e. The predicted octanol–water partition coefficient (Wildman–Crippen LogP) is 1.77. The topological polar surface area (TPSA) is 70.6 Å². The molecule has 0 fully saturated rings. The van der Waals surface area contributed by atoms with Crippen LogP contribution >= 0.6 is 11.8 Å². The highest BCUT2D eigenvalue weighted by Gasteiger charge is 2.20. The van der Waals surface area contributed by atoms with Crippen molar-refractivity contribution < 1.29 is 8.42 Å². The van der Waals surface area contributed by atoms with E-state index in [0.29, 0.717) is 17.3 Å². The molecule has 0 bridgehead atoms. The Labute approximate surface area is 137 Å². The van der Waals surface area contributed by atoms with Crippen LogP contribution in [0.25, 0.3) is 0 Å². The van der Waals surface area contributed by atoms with Crippen LogP contribution < -0.4 is 10.6 Å². The molecule has 1 unspecified atom stereocenters. The van der Waals surface area contributed by atoms with E-state index in [9.17, 15) is 8.42 Å². The van der Waals surface area contributed by atoms with Gasteiger partial charge in [-0.15, -0.1) is 0 Å². The highest BCUT2D eigenvalue weighted by Crippen LogP contribution is 2.12. The largest absolute Gasteiger partial charge is 0.356 e. The van der Waals surface area contributed by atoms with Crippen LogP contribution in [0.2, 0.25) is 0 Å². The van der Waals surface area contributed by atoms with Crippen LogP contribution in [0.5, 0.6) is 0 Å². The Balaban J connectivity index is 2.68. The molecule has 0 saturated heterocycles. The van der Waals surface area contributed by atoms with Gasteiger partial charge in [0, 0.05) is 25.4 Å². The van der Waals surface area contributed by atoms with Crippen LogP contribution in [0.3, 0.4) is 0 Å². The van der Waals surface area contributed by atoms with Crippen molar-refractivity contribution in [2.24, 2.45) is 4.99 Å². The van der Waals surface area contributed by atoms with Crippen molar-refractivity contribution in [3.8, 4) is 0 Å². The van der Waals surface area contributed by atoms with E-state index in [2.05, 4.69) is 15.6 Å². The van der Waals surface area contributed by atoms with Crippen LogP contribution in [0, 0.1) is 0 Å². The number of rotatable bonds is 8. The number of hydrogen-bond acceptors (Lipinski definition) is 4. The molecule has 1 aromatic carbocycles. The first kappa shape index (κ1) is 18.8. The summed E-state index contributed by atoms with van der Waals surface area (Å²) < 4.78 is 24.9. The molecule has 1 rings (SSSR count). The van der Waals surface area contributed by atoms with Crippen molar-refractivity contribution in [1.29, 1.82) is 0 Å². The Morgan fingerprint density at radius 2 is 2.00 bits per heavy atom. The Morgan fingerprint density at radius 1 is 1.32 bits per heavy atom. The van der Waals surface area contributed by atoms with E-state index in [-0.39, 0.29) is 11.8 Å². The minimum absolute atomic E-state index is 0.0523. The summed E-state index contributed by atoms with van der Waals surface area (Å²) in [5, 5.41) is 6.37. The maximum atomic E-state index is 12.4. The quantitative estimate of drug-likeness (QED) is 0.428. The number of hydrogen-bond donors (Lipinski definition) is 2. The molecule has 1 atom stereocenters. The van der Waals surface area contributed by atoms with Gasteiger partial charge in [-0.25, -0.2) is 8.42 Å². The SMILES string of the molecule is CCC(CS(=O)(=O)c1ccccc1)NC(=NC)NCCSC. The third-order valence-corrected chi connectivity index (χ3v) is 5.62. The zero-order chi connectivity index (χ0) is 16.4. The lowest BCUT2D eigenvalue weighted by molar-refractivity contribution is 0.569. The monoisotopic (exact) mass is 343 g/mol. The highest BCUT2D eigenvalue weighted by atomic mass is 32.2. The fraction of sp³-hybridized carbons (Fsp3) is 0.533. The average Bonchev–Trinajstić information content (AvgIpc) is 2.53. The van der Waals surface area contributed by atoms with Gasteiger partial charge in [-0.2, -0.15) is 11.8 Å². The maximum absolute atomic E-state index is 12.4. The molecule has 5 nitrogen and oxygen atoms in total. The van der Waals surface area contributed by atoms with Gasteiger partial charge < -0.3 is 10.6 Å². The lowest BCUT2D eigenvalue weighted by Crippen LogP contribution is -2.46. The predicted molar refractivity (Wildman–Crippen MR) is 95.5 cm³/mol. The Hall–Kier alpha value is -1.21. The molecule has 2 N–H and O–H groups in total. The van der Waals surface area contributed by atoms with Crippen LogP contribution in [-0.2, 0) is 9.84 Å². The second-order valence-electron chi connectivity index (χ2n) is 4.84. The fourth-order valence-corrected chi connectivity index (χ4v) is 3.83. The summed E-state index contributed by atoms with van der Waals surface area (Å²) in [6.07, 6.45) is 2.74. The molecule has 22 heavy (non-hydrogen) atoms. The van der Waals surface area contributed by atoms with Crippen LogP contribution in [0.15, 0.2) is 40.2 Å². The Kier molecular flexibility index (Phi) is 8.34. The second-order valence-corrected chi connectivity index (χ2v) is 7.86. The van der Waals surface area contributed by atoms with E-state index >= 15 is 0 Å². The van der Waals surface area contributed by atoms with Gasteiger partial charge in [-0.05, 0) is 24.8 Å². The number of nitrogens with zero attached hydrogens (tertiary/aromatic N) is 1. The summed E-state index contributed by atoms with van der Waals surface area (Å²) in [5.41, 5.74) is 0. The van der Waals surface area contributed by atoms with Crippen molar-refractivity contribution in [3.63, 3.8) is 0 Å². The summed E-state index contributed by atoms with van der Waals surface area (Å²) in [5.74, 6) is 1.67. The molecular weight excluding hydrogens is 318 g/mol. The van der Waals surface area contributed by atoms with Crippen LogP contribution in [0.4, 0.5) is 0 Å². The standard InChI is InChI=1S/C15H25N3O2S2/c1-4-13(18-15(16-2)17-10-11-21-3)12-22(19,20)14-8-6-5-7-9-14/h5-9,13H,4,10-12H2,1-3H3,(H2,16,17,18). The van der Waals surface area contributed by atoms with Crippen molar-refractivity contribution in [2.45, 2.75) is 24.3 Å². The number of nitrogens with one attached hydrogen (secondary N) is 2. The summed E-state index contributed by atoms with van der Waals surface area (Å²) in [7, 11) is -1.61. The first-order chi connectivity index (χ1) is 10.5. The molecule has 0 amide bonds. The number of benzene rings is 1. The van der Waals surface area contributed by atoms with E-state index in [1.54, 1.807) is 43.1 Å². The number of thioether (sulfide) groups is 1. The lowest BCUT2D eigenvalue weighted by Gasteiger charge is -2.20. The summed E-state index contributed by atoms with van der Waals surface area (Å²) >= 11 is 1.74. The second kappa shape index (κ2) is 9.74. The molecule has 0 aliphatic carbocycles. The van der Waals surface area contributed by atoms with Crippen molar-refractivity contribution >= 4 is 27.6 Å². The average molecular weight is 344 g/mol. The molecule has 1 aromatic rings. The Morgan fingerprint density at radius 3 is 2.55 bits per heavy atom. The molecule has 7 heteroatoms. The lowest BCUT2D eigenvalue weighted by atomic mass is 10.3. The van der Waals surface area contributed by atoms with E-state index < -0.39 is 9.84 Å². The zero-order valence-electron chi connectivity index (χ0n) is 13.4. The minimum atomic E-state index is -3.30. The molecular formula is C15H25N3O2S2. The molecule has 124 valence electrons. The van der Waals surface area contributed by atoms with Gasteiger partial charge >= 0.3 is 0 Å². The van der Waals surface area contributed by atoms with E-state index in [1.165, 1.54) is 0 Å². The van der Waals surface area contributed by atoms with E-state index in [4.69, 9.17) is 0 Å². The first-order valence-corrected chi connectivity index (χ1v) is 10.3. The molecule has 0 spiro atoms. The highest BCUT2D eigenvalue weighted by molar-refractivity contribution is 7.98. The summed E-state index contributed by atoms with van der Waals surface area (Å²) in [6.45, 7) is 2.76. The third-order valence-electron chi connectivity index (χ3n) is 3.18. The molecule has 0 radical (unpaired) electrons. The van der Waals surface area contributed by atoms with Gasteiger partial charge in [0.1, 0.15) is 0 Å². The van der Waals surface area contributed by atoms with Gasteiger partial charge in [0.15, 0.2) is 15.8 Å². The molecule has 0 saturated carbocycles. The molecule has 0 aliphatic heterocycles. The van der Waals surface area contributed by atoms with E-state index in [1.807, 2.05) is 19.2 Å². The van der Waals surface area contributed by atoms with Gasteiger partial charge in [0.05, 0.1) is 10.6 Å². The van der Waals surface area contributed by atoms with Crippen molar-refractivity contribution in [3.05, 3.63) is 30.3 Å². The van der Waals surface area contributed by atoms with Gasteiger partial charge in [0.2, 0.25) is 0 Å². The number of sulfone groups is 1. The summed E-state index contributed by atoms with van der Waals surface area (Å²) in [6, 6.07) is 8.38. The third kappa shape index (κ3) is 6.27. The molecule has 0 heterocycles. The number of guanidine groups is 1. The Bertz CT molecular complexity index is 559. The van der Waals surface area contributed by atoms with Crippen LogP contribution in [-0.4, -0.2) is 51.8 Å². The van der Waals surface area contributed by atoms with Gasteiger partial charge in [-0.3, -0.25) is 4.99 Å².